The second-order valence-electron chi connectivity index (χ2n) is 3.69. The van der Waals surface area contributed by atoms with Crippen molar-refractivity contribution in [1.82, 2.24) is 14.1 Å². The lowest BCUT2D eigenvalue weighted by molar-refractivity contribution is -0.141. The van der Waals surface area contributed by atoms with Crippen molar-refractivity contribution >= 4 is 21.9 Å². The summed E-state index contributed by atoms with van der Waals surface area (Å²) in [6.45, 7) is 4.20. The van der Waals surface area contributed by atoms with Crippen LogP contribution in [0.2, 0.25) is 0 Å². The van der Waals surface area contributed by atoms with Gasteiger partial charge in [0.15, 0.2) is 0 Å². The van der Waals surface area contributed by atoms with E-state index in [0.29, 0.717) is 18.8 Å². The fraction of sp³-hybridized carbons (Fsp3) is 0.600. The number of carbonyl (C=O) groups is 1. The first-order chi connectivity index (χ1) is 8.92. The Labute approximate surface area is 112 Å². The maximum absolute atomic E-state index is 11.9. The molecule has 9 heteroatoms. The van der Waals surface area contributed by atoms with E-state index in [1.807, 2.05) is 0 Å². The van der Waals surface area contributed by atoms with Gasteiger partial charge in [0.05, 0.1) is 19.0 Å². The molecule has 1 aromatic heterocycles. The Kier molecular flexibility index (Phi) is 5.31. The SMILES string of the molecule is CCN(CC)S(=O)(=O)Nc1cnn(CC(=O)OC)c1. The van der Waals surface area contributed by atoms with Crippen LogP contribution in [-0.2, 0) is 26.3 Å². The number of methoxy groups -OCH3 is 1. The number of nitrogens with one attached hydrogen (secondary N) is 1. The molecule has 0 spiro atoms. The number of anilines is 1. The highest BCUT2D eigenvalue weighted by Crippen LogP contribution is 2.10. The van der Waals surface area contributed by atoms with Crippen molar-refractivity contribution in [2.45, 2.75) is 20.4 Å². The number of aromatic nitrogens is 2. The molecule has 1 heterocycles. The predicted octanol–water partition coefficient (Wildman–Crippen LogP) is 0.0546. The number of ether oxygens (including phenoxy) is 1. The molecule has 0 aliphatic rings. The van der Waals surface area contributed by atoms with Gasteiger partial charge in [-0.25, -0.2) is 0 Å². The van der Waals surface area contributed by atoms with Gasteiger partial charge in [-0.1, -0.05) is 13.8 Å². The lowest BCUT2D eigenvalue weighted by Gasteiger charge is -2.18. The second kappa shape index (κ2) is 6.53. The van der Waals surface area contributed by atoms with Gasteiger partial charge in [-0.05, 0) is 0 Å². The van der Waals surface area contributed by atoms with Gasteiger partial charge in [-0.2, -0.15) is 17.8 Å². The zero-order valence-corrected chi connectivity index (χ0v) is 12.0. The number of rotatable bonds is 7. The molecule has 0 fully saturated rings. The summed E-state index contributed by atoms with van der Waals surface area (Å²) in [5, 5.41) is 3.87. The topological polar surface area (TPSA) is 93.5 Å². The Hall–Kier alpha value is -1.61. The van der Waals surface area contributed by atoms with Crippen molar-refractivity contribution in [2.75, 3.05) is 24.9 Å². The van der Waals surface area contributed by atoms with Crippen molar-refractivity contribution in [3.05, 3.63) is 12.4 Å². The molecule has 1 aromatic rings. The molecular formula is C10H18N4O4S. The Morgan fingerprint density at radius 3 is 2.63 bits per heavy atom. The van der Waals surface area contributed by atoms with Gasteiger partial charge in [0.2, 0.25) is 0 Å². The van der Waals surface area contributed by atoms with E-state index in [0.717, 1.165) is 0 Å². The predicted molar refractivity (Wildman–Crippen MR) is 69.7 cm³/mol. The van der Waals surface area contributed by atoms with Crippen LogP contribution in [0.4, 0.5) is 5.69 Å². The molecule has 1 rings (SSSR count). The molecule has 0 saturated carbocycles. The zero-order valence-electron chi connectivity index (χ0n) is 11.2. The maximum atomic E-state index is 11.9. The van der Waals surface area contributed by atoms with Gasteiger partial charge in [-0.15, -0.1) is 0 Å². The first-order valence-electron chi connectivity index (χ1n) is 5.80. The van der Waals surface area contributed by atoms with Gasteiger partial charge in [0.25, 0.3) is 0 Å². The fourth-order valence-corrected chi connectivity index (χ4v) is 2.69. The van der Waals surface area contributed by atoms with Gasteiger partial charge in [0.1, 0.15) is 6.54 Å². The van der Waals surface area contributed by atoms with Crippen molar-refractivity contribution in [3.63, 3.8) is 0 Å². The quantitative estimate of drug-likeness (QED) is 0.716. The molecule has 19 heavy (non-hydrogen) atoms. The molecular weight excluding hydrogens is 272 g/mol. The second-order valence-corrected chi connectivity index (χ2v) is 5.36. The van der Waals surface area contributed by atoms with Crippen LogP contribution < -0.4 is 4.72 Å². The van der Waals surface area contributed by atoms with Crippen LogP contribution in [0.25, 0.3) is 0 Å². The van der Waals surface area contributed by atoms with Crippen molar-refractivity contribution in [1.29, 1.82) is 0 Å². The highest BCUT2D eigenvalue weighted by Gasteiger charge is 2.19. The number of hydrogen-bond donors (Lipinski definition) is 1. The average Bonchev–Trinajstić information content (AvgIpc) is 2.76. The molecule has 8 nitrogen and oxygen atoms in total. The van der Waals surface area contributed by atoms with E-state index in [4.69, 9.17) is 0 Å². The van der Waals surface area contributed by atoms with E-state index in [2.05, 4.69) is 14.6 Å². The monoisotopic (exact) mass is 290 g/mol. The minimum absolute atomic E-state index is 0.0660. The molecule has 0 atom stereocenters. The van der Waals surface area contributed by atoms with E-state index in [1.54, 1.807) is 13.8 Å². The van der Waals surface area contributed by atoms with Crippen LogP contribution in [0.3, 0.4) is 0 Å². The smallest absolute Gasteiger partial charge is 0.327 e. The van der Waals surface area contributed by atoms with Gasteiger partial charge < -0.3 is 4.74 Å². The molecule has 0 radical (unpaired) electrons. The Balaban J connectivity index is 2.75. The largest absolute Gasteiger partial charge is 0.468 e. The minimum atomic E-state index is -3.58. The molecule has 1 N–H and O–H groups in total. The number of hydrogen-bond acceptors (Lipinski definition) is 5. The fourth-order valence-electron chi connectivity index (χ4n) is 1.48. The third-order valence-electron chi connectivity index (χ3n) is 2.44. The molecule has 0 unspecified atom stereocenters. The molecule has 108 valence electrons. The first-order valence-corrected chi connectivity index (χ1v) is 7.24. The van der Waals surface area contributed by atoms with Crippen LogP contribution in [-0.4, -0.2) is 48.7 Å². The van der Waals surface area contributed by atoms with E-state index in [-0.39, 0.29) is 6.54 Å². The van der Waals surface area contributed by atoms with Gasteiger partial charge in [-0.3, -0.25) is 14.2 Å². The van der Waals surface area contributed by atoms with Crippen molar-refractivity contribution in [3.8, 4) is 0 Å². The van der Waals surface area contributed by atoms with Crippen LogP contribution in [0.5, 0.6) is 0 Å². The highest BCUT2D eigenvalue weighted by molar-refractivity contribution is 7.90. The Morgan fingerprint density at radius 1 is 1.47 bits per heavy atom. The normalized spacial score (nSPS) is 11.6. The molecule has 0 amide bonds. The van der Waals surface area contributed by atoms with Crippen LogP contribution >= 0.6 is 0 Å². The summed E-state index contributed by atoms with van der Waals surface area (Å²) in [7, 11) is -2.31. The van der Waals surface area contributed by atoms with Gasteiger partial charge in [0, 0.05) is 19.3 Å². The number of carbonyl (C=O) groups excluding carboxylic acids is 1. The molecule has 0 aliphatic heterocycles. The summed E-state index contributed by atoms with van der Waals surface area (Å²) in [5.41, 5.74) is 0.302. The van der Waals surface area contributed by atoms with E-state index >= 15 is 0 Å². The van der Waals surface area contributed by atoms with Crippen molar-refractivity contribution < 1.29 is 17.9 Å². The molecule has 0 bridgehead atoms. The summed E-state index contributed by atoms with van der Waals surface area (Å²) < 4.78 is 33.3. The maximum Gasteiger partial charge on any atom is 0.327 e. The lowest BCUT2D eigenvalue weighted by Crippen LogP contribution is -2.35. The third kappa shape index (κ3) is 4.21. The summed E-state index contributed by atoms with van der Waals surface area (Å²) >= 11 is 0. The molecule has 0 aromatic carbocycles. The zero-order chi connectivity index (χ0) is 14.5. The summed E-state index contributed by atoms with van der Waals surface area (Å²) in [6, 6.07) is 0. The van der Waals surface area contributed by atoms with Crippen molar-refractivity contribution in [2.24, 2.45) is 0 Å². The van der Waals surface area contributed by atoms with Crippen LogP contribution in [0.15, 0.2) is 12.4 Å². The molecule has 0 aliphatic carbocycles. The first kappa shape index (κ1) is 15.4. The van der Waals surface area contributed by atoms with Gasteiger partial charge >= 0.3 is 16.2 Å². The minimum Gasteiger partial charge on any atom is -0.468 e. The summed E-state index contributed by atoms with van der Waals surface area (Å²) in [5.74, 6) is -0.457. The van der Waals surface area contributed by atoms with Crippen LogP contribution in [0.1, 0.15) is 13.8 Å². The number of nitrogens with zero attached hydrogens (tertiary/aromatic N) is 3. The Morgan fingerprint density at radius 2 is 2.11 bits per heavy atom. The third-order valence-corrected chi connectivity index (χ3v) is 4.13. The standard InChI is InChI=1S/C10H18N4O4S/c1-4-14(5-2)19(16,17)12-9-6-11-13(7-9)8-10(15)18-3/h6-7,12H,4-5,8H2,1-3H3. The Bertz CT molecular complexity index is 521. The average molecular weight is 290 g/mol. The highest BCUT2D eigenvalue weighted by atomic mass is 32.2. The van der Waals surface area contributed by atoms with Crippen LogP contribution in [0, 0.1) is 0 Å². The number of esters is 1. The lowest BCUT2D eigenvalue weighted by atomic mass is 10.6. The van der Waals surface area contributed by atoms with E-state index in [1.165, 1.54) is 28.5 Å². The van der Waals surface area contributed by atoms with E-state index < -0.39 is 16.2 Å². The molecule has 0 saturated heterocycles. The van der Waals surface area contributed by atoms with E-state index in [9.17, 15) is 13.2 Å². The summed E-state index contributed by atoms with van der Waals surface area (Å²) in [4.78, 5) is 11.0. The summed E-state index contributed by atoms with van der Waals surface area (Å²) in [6.07, 6.45) is 2.77.